The highest BCUT2D eigenvalue weighted by Gasteiger charge is 2.37. The fourth-order valence-corrected chi connectivity index (χ4v) is 1.49. The van der Waals surface area contributed by atoms with E-state index in [2.05, 4.69) is 6.92 Å². The lowest BCUT2D eigenvalue weighted by atomic mass is 9.84. The number of alkyl halides is 1. The van der Waals surface area contributed by atoms with E-state index in [1.165, 1.54) is 0 Å². The fourth-order valence-electron chi connectivity index (χ4n) is 1.34. The van der Waals surface area contributed by atoms with Crippen LogP contribution in [0.15, 0.2) is 12.3 Å². The molecule has 2 nitrogen and oxygen atoms in total. The quantitative estimate of drug-likeness (QED) is 0.372. The lowest BCUT2D eigenvalue weighted by Gasteiger charge is -2.39. The van der Waals surface area contributed by atoms with Crippen LogP contribution in [0.4, 0.5) is 0 Å². The van der Waals surface area contributed by atoms with Crippen LogP contribution in [0.5, 0.6) is 0 Å². The molecular formula is C11H19ClO2. The molecule has 0 aromatic rings. The smallest absolute Gasteiger partial charge is 0.0973 e. The Balaban J connectivity index is 2.05. The van der Waals surface area contributed by atoms with Gasteiger partial charge in [0.25, 0.3) is 0 Å². The average Bonchev–Trinajstić information content (AvgIpc) is 2.15. The Kier molecular flexibility index (Phi) is 5.34. The number of unbranched alkanes of at least 4 members (excludes halogenated alkanes) is 1. The Morgan fingerprint density at radius 2 is 2.29 bits per heavy atom. The molecule has 0 unspecified atom stereocenters. The monoisotopic (exact) mass is 218 g/mol. The minimum Gasteiger partial charge on any atom is -0.501 e. The fraction of sp³-hybridized carbons (Fsp3) is 0.818. The molecule has 3 heteroatoms. The molecule has 0 aromatic carbocycles. The summed E-state index contributed by atoms with van der Waals surface area (Å²) < 4.78 is 10.7. The lowest BCUT2D eigenvalue weighted by molar-refractivity contribution is -0.139. The van der Waals surface area contributed by atoms with Crippen molar-refractivity contribution < 1.29 is 9.47 Å². The van der Waals surface area contributed by atoms with Gasteiger partial charge in [0.15, 0.2) is 0 Å². The van der Waals surface area contributed by atoms with Gasteiger partial charge in [-0.05, 0) is 25.3 Å². The first-order valence-electron chi connectivity index (χ1n) is 5.23. The van der Waals surface area contributed by atoms with Gasteiger partial charge in [0.05, 0.1) is 31.5 Å². The second-order valence-electron chi connectivity index (χ2n) is 3.86. The summed E-state index contributed by atoms with van der Waals surface area (Å²) in [5.41, 5.74) is 0.289. The van der Waals surface area contributed by atoms with Gasteiger partial charge in [-0.25, -0.2) is 0 Å². The third-order valence-corrected chi connectivity index (χ3v) is 2.92. The number of allylic oxidation sites excluding steroid dienone is 1. The molecule has 0 N–H and O–H groups in total. The first-order chi connectivity index (χ1) is 6.83. The van der Waals surface area contributed by atoms with E-state index in [1.807, 2.05) is 6.08 Å². The maximum Gasteiger partial charge on any atom is 0.0973 e. The van der Waals surface area contributed by atoms with Crippen LogP contribution in [-0.2, 0) is 9.47 Å². The van der Waals surface area contributed by atoms with Crippen molar-refractivity contribution in [1.29, 1.82) is 0 Å². The van der Waals surface area contributed by atoms with Crippen LogP contribution >= 0.6 is 11.6 Å². The number of halogens is 1. The Morgan fingerprint density at radius 1 is 1.50 bits per heavy atom. The molecule has 14 heavy (non-hydrogen) atoms. The standard InChI is InChI=1S/C11H19ClO2/c1-2-11(9-14-10-11)8-13-7-5-3-4-6-12/h5,7H,2-4,6,8-10H2,1H3. The van der Waals surface area contributed by atoms with Crippen molar-refractivity contribution in [2.24, 2.45) is 5.41 Å². The van der Waals surface area contributed by atoms with Crippen LogP contribution in [0, 0.1) is 5.41 Å². The Morgan fingerprint density at radius 3 is 2.79 bits per heavy atom. The van der Waals surface area contributed by atoms with Gasteiger partial charge in [-0.2, -0.15) is 0 Å². The summed E-state index contributed by atoms with van der Waals surface area (Å²) in [6.07, 6.45) is 6.97. The van der Waals surface area contributed by atoms with E-state index < -0.39 is 0 Å². The van der Waals surface area contributed by atoms with Crippen molar-refractivity contribution in [3.05, 3.63) is 12.3 Å². The molecule has 0 bridgehead atoms. The molecule has 0 radical (unpaired) electrons. The number of hydrogen-bond acceptors (Lipinski definition) is 2. The largest absolute Gasteiger partial charge is 0.501 e. The zero-order valence-corrected chi connectivity index (χ0v) is 9.55. The van der Waals surface area contributed by atoms with Crippen LogP contribution in [-0.4, -0.2) is 25.7 Å². The van der Waals surface area contributed by atoms with E-state index in [4.69, 9.17) is 21.1 Å². The molecule has 1 aliphatic rings. The van der Waals surface area contributed by atoms with Crippen LogP contribution in [0.25, 0.3) is 0 Å². The van der Waals surface area contributed by atoms with Crippen molar-refractivity contribution in [1.82, 2.24) is 0 Å². The summed E-state index contributed by atoms with van der Waals surface area (Å²) in [5, 5.41) is 0. The van der Waals surface area contributed by atoms with Gasteiger partial charge in [0.2, 0.25) is 0 Å². The first-order valence-corrected chi connectivity index (χ1v) is 5.77. The van der Waals surface area contributed by atoms with Gasteiger partial charge in [0, 0.05) is 5.88 Å². The summed E-state index contributed by atoms with van der Waals surface area (Å²) in [6, 6.07) is 0. The van der Waals surface area contributed by atoms with Crippen LogP contribution in [0.1, 0.15) is 26.2 Å². The minimum atomic E-state index is 0.289. The predicted octanol–water partition coefficient (Wildman–Crippen LogP) is 2.96. The topological polar surface area (TPSA) is 18.5 Å². The highest BCUT2D eigenvalue weighted by Crippen LogP contribution is 2.31. The lowest BCUT2D eigenvalue weighted by Crippen LogP contribution is -2.45. The Bertz CT molecular complexity index is 171. The van der Waals surface area contributed by atoms with Crippen LogP contribution < -0.4 is 0 Å². The zero-order valence-electron chi connectivity index (χ0n) is 8.80. The molecule has 0 saturated carbocycles. The van der Waals surface area contributed by atoms with Crippen molar-refractivity contribution in [3.8, 4) is 0 Å². The molecule has 1 fully saturated rings. The molecular weight excluding hydrogens is 200 g/mol. The highest BCUT2D eigenvalue weighted by molar-refractivity contribution is 6.17. The summed E-state index contributed by atoms with van der Waals surface area (Å²) in [6.45, 7) is 4.65. The van der Waals surface area contributed by atoms with E-state index in [1.54, 1.807) is 6.26 Å². The molecule has 1 aliphatic heterocycles. The van der Waals surface area contributed by atoms with Gasteiger partial charge >= 0.3 is 0 Å². The normalized spacial score (nSPS) is 19.6. The van der Waals surface area contributed by atoms with E-state index in [9.17, 15) is 0 Å². The van der Waals surface area contributed by atoms with Crippen molar-refractivity contribution >= 4 is 11.6 Å². The summed E-state index contributed by atoms with van der Waals surface area (Å²) in [4.78, 5) is 0. The third-order valence-electron chi connectivity index (χ3n) is 2.65. The molecule has 1 heterocycles. The minimum absolute atomic E-state index is 0.289. The van der Waals surface area contributed by atoms with E-state index >= 15 is 0 Å². The van der Waals surface area contributed by atoms with Gasteiger partial charge in [-0.15, -0.1) is 11.6 Å². The summed E-state index contributed by atoms with van der Waals surface area (Å²) in [7, 11) is 0. The van der Waals surface area contributed by atoms with Gasteiger partial charge < -0.3 is 9.47 Å². The maximum absolute atomic E-state index is 5.55. The van der Waals surface area contributed by atoms with E-state index in [-0.39, 0.29) is 5.41 Å². The molecule has 1 saturated heterocycles. The average molecular weight is 219 g/mol. The Labute approximate surface area is 91.2 Å². The second-order valence-corrected chi connectivity index (χ2v) is 4.24. The highest BCUT2D eigenvalue weighted by atomic mass is 35.5. The number of rotatable bonds is 7. The van der Waals surface area contributed by atoms with Crippen molar-refractivity contribution in [2.45, 2.75) is 26.2 Å². The maximum atomic E-state index is 5.55. The summed E-state index contributed by atoms with van der Waals surface area (Å²) >= 11 is 5.55. The SMILES string of the molecule is CCC1(COC=CCCCCl)COC1. The molecule has 0 aromatic heterocycles. The molecule has 0 aliphatic carbocycles. The van der Waals surface area contributed by atoms with Crippen LogP contribution in [0.2, 0.25) is 0 Å². The van der Waals surface area contributed by atoms with E-state index in [0.717, 1.165) is 45.0 Å². The number of ether oxygens (including phenoxy) is 2. The number of hydrogen-bond donors (Lipinski definition) is 0. The van der Waals surface area contributed by atoms with Gasteiger partial charge in [0.1, 0.15) is 0 Å². The van der Waals surface area contributed by atoms with E-state index in [0.29, 0.717) is 0 Å². The van der Waals surface area contributed by atoms with Crippen molar-refractivity contribution in [3.63, 3.8) is 0 Å². The molecule has 0 atom stereocenters. The van der Waals surface area contributed by atoms with Gasteiger partial charge in [-0.1, -0.05) is 6.92 Å². The first kappa shape index (κ1) is 11.9. The second kappa shape index (κ2) is 6.31. The molecule has 82 valence electrons. The zero-order chi connectivity index (χ0) is 10.3. The summed E-state index contributed by atoms with van der Waals surface area (Å²) in [5.74, 6) is 0.719. The molecule has 1 rings (SSSR count). The predicted molar refractivity (Wildman–Crippen MR) is 58.6 cm³/mol. The molecule has 0 spiro atoms. The Hall–Kier alpha value is -0.210. The van der Waals surface area contributed by atoms with Gasteiger partial charge in [-0.3, -0.25) is 0 Å². The van der Waals surface area contributed by atoms with Crippen molar-refractivity contribution in [2.75, 3.05) is 25.7 Å². The van der Waals surface area contributed by atoms with Crippen LogP contribution in [0.3, 0.4) is 0 Å². The third kappa shape index (κ3) is 3.50. The molecule has 0 amide bonds.